The first-order chi connectivity index (χ1) is 18.4. The summed E-state index contributed by atoms with van der Waals surface area (Å²) < 4.78 is 39.5. The van der Waals surface area contributed by atoms with E-state index in [1.54, 1.807) is 23.6 Å². The van der Waals surface area contributed by atoms with Gasteiger partial charge in [0.15, 0.2) is 5.75 Å². The molecule has 1 fully saturated rings. The van der Waals surface area contributed by atoms with Gasteiger partial charge in [-0.25, -0.2) is 4.79 Å². The topological polar surface area (TPSA) is 77.8 Å². The molecule has 9 heteroatoms. The van der Waals surface area contributed by atoms with E-state index in [2.05, 4.69) is 0 Å². The third-order valence-corrected chi connectivity index (χ3v) is 7.40. The molecule has 0 saturated heterocycles. The van der Waals surface area contributed by atoms with Crippen molar-refractivity contribution in [3.05, 3.63) is 63.4 Å². The number of rotatable bonds is 6. The largest absolute Gasteiger partial charge is 0.462 e. The van der Waals surface area contributed by atoms with Crippen molar-refractivity contribution in [3.63, 3.8) is 0 Å². The van der Waals surface area contributed by atoms with Crippen molar-refractivity contribution in [2.75, 3.05) is 6.61 Å². The summed E-state index contributed by atoms with van der Waals surface area (Å²) >= 11 is 0. The van der Waals surface area contributed by atoms with E-state index in [0.29, 0.717) is 17.7 Å². The van der Waals surface area contributed by atoms with Crippen LogP contribution in [0.2, 0.25) is 0 Å². The molecule has 0 unspecified atom stereocenters. The number of ether oxygens (including phenoxy) is 2. The monoisotopic (exact) mass is 538 g/mol. The van der Waals surface area contributed by atoms with Crippen LogP contribution in [0.3, 0.4) is 0 Å². The fraction of sp³-hybridized carbons (Fsp3) is 0.433. The Morgan fingerprint density at radius 3 is 2.46 bits per heavy atom. The van der Waals surface area contributed by atoms with Gasteiger partial charge >= 0.3 is 12.6 Å². The van der Waals surface area contributed by atoms with Crippen molar-refractivity contribution in [1.29, 1.82) is 0 Å². The molecule has 0 spiro atoms. The minimum absolute atomic E-state index is 0.0334. The average Bonchev–Trinajstić information content (AvgIpc) is 3.66. The van der Waals surface area contributed by atoms with Gasteiger partial charge in [-0.3, -0.25) is 9.59 Å². The van der Waals surface area contributed by atoms with Crippen molar-refractivity contribution in [2.24, 2.45) is 5.41 Å². The molecular weight excluding hydrogens is 506 g/mol. The number of benzene rings is 2. The lowest BCUT2D eigenvalue weighted by atomic mass is 9.94. The zero-order chi connectivity index (χ0) is 28.2. The number of hydrogen-bond donors (Lipinski definition) is 0. The van der Waals surface area contributed by atoms with Crippen LogP contribution < -0.4 is 10.2 Å². The fourth-order valence-corrected chi connectivity index (χ4v) is 5.33. The summed E-state index contributed by atoms with van der Waals surface area (Å²) in [4.78, 5) is 40.7. The van der Waals surface area contributed by atoms with Crippen LogP contribution in [0, 0.1) is 5.41 Å². The van der Waals surface area contributed by atoms with Crippen LogP contribution in [-0.4, -0.2) is 34.6 Å². The number of alkyl halides is 2. The maximum absolute atomic E-state index is 13.8. The molecule has 0 bridgehead atoms. The van der Waals surface area contributed by atoms with Gasteiger partial charge in [0, 0.05) is 29.8 Å². The zero-order valence-corrected chi connectivity index (χ0v) is 22.7. The van der Waals surface area contributed by atoms with Crippen molar-refractivity contribution in [1.82, 2.24) is 9.47 Å². The number of halogens is 2. The van der Waals surface area contributed by atoms with Gasteiger partial charge < -0.3 is 18.9 Å². The smallest absolute Gasteiger partial charge is 0.387 e. The third kappa shape index (κ3) is 4.79. The van der Waals surface area contributed by atoms with E-state index < -0.39 is 23.4 Å². The molecule has 0 radical (unpaired) electrons. The molecule has 2 aromatic carbocycles. The Kier molecular flexibility index (Phi) is 6.73. The van der Waals surface area contributed by atoms with E-state index in [1.165, 1.54) is 6.20 Å². The molecule has 1 aromatic heterocycles. The van der Waals surface area contributed by atoms with E-state index in [9.17, 15) is 23.2 Å². The van der Waals surface area contributed by atoms with Crippen molar-refractivity contribution >= 4 is 22.8 Å². The molecule has 1 aliphatic carbocycles. The Balaban J connectivity index is 1.67. The summed E-state index contributed by atoms with van der Waals surface area (Å²) in [6.07, 6.45) is 2.97. The van der Waals surface area contributed by atoms with Crippen LogP contribution in [0.5, 0.6) is 5.75 Å². The molecule has 7 nitrogen and oxygen atoms in total. The maximum Gasteiger partial charge on any atom is 0.387 e. The second-order valence-corrected chi connectivity index (χ2v) is 11.2. The van der Waals surface area contributed by atoms with Crippen LogP contribution in [0.1, 0.15) is 81.0 Å². The quantitative estimate of drug-likeness (QED) is 0.348. The molecule has 0 N–H and O–H groups in total. The Hall–Kier alpha value is -3.75. The summed E-state index contributed by atoms with van der Waals surface area (Å²) in [6, 6.07) is 8.61. The minimum Gasteiger partial charge on any atom is -0.462 e. The molecule has 2 aliphatic rings. The van der Waals surface area contributed by atoms with Crippen LogP contribution >= 0.6 is 0 Å². The Labute approximate surface area is 225 Å². The molecular formula is C30H32F2N2O5. The molecule has 1 aliphatic heterocycles. The second kappa shape index (κ2) is 9.77. The number of esters is 1. The highest BCUT2D eigenvalue weighted by Gasteiger charge is 2.36. The van der Waals surface area contributed by atoms with Crippen molar-refractivity contribution < 1.29 is 27.8 Å². The first-order valence-electron chi connectivity index (χ1n) is 13.2. The number of amides is 1. The summed E-state index contributed by atoms with van der Waals surface area (Å²) in [6.45, 7) is 6.66. The lowest BCUT2D eigenvalue weighted by Crippen LogP contribution is -2.37. The van der Waals surface area contributed by atoms with Crippen LogP contribution in [0.4, 0.5) is 8.78 Å². The first kappa shape index (κ1) is 26.8. The number of nitrogens with zero attached hydrogens (tertiary/aromatic N) is 2. The molecule has 5 rings (SSSR count). The fourth-order valence-electron chi connectivity index (χ4n) is 5.33. The summed E-state index contributed by atoms with van der Waals surface area (Å²) in [7, 11) is 0. The van der Waals surface area contributed by atoms with Crippen LogP contribution in [0.15, 0.2) is 41.3 Å². The minimum atomic E-state index is -3.13. The highest BCUT2D eigenvalue weighted by Crippen LogP contribution is 2.45. The molecule has 1 amide bonds. The first-order valence-corrected chi connectivity index (χ1v) is 13.2. The molecule has 1 saturated carbocycles. The van der Waals surface area contributed by atoms with Gasteiger partial charge in [-0.15, -0.1) is 0 Å². The van der Waals surface area contributed by atoms with Crippen LogP contribution in [-0.2, 0) is 16.1 Å². The molecule has 39 heavy (non-hydrogen) atoms. The SMILES string of the molecule is CCOC(=O)c1cn(C2CC2)c2c(OC(F)F)c(-c3ccc4c(c3)CN(C(=O)C(C)(C)C)[C@@H]4C)ccc2c1=O. The summed E-state index contributed by atoms with van der Waals surface area (Å²) in [5, 5.41) is 0.114. The Bertz CT molecular complexity index is 1540. The maximum atomic E-state index is 13.8. The Morgan fingerprint density at radius 2 is 1.85 bits per heavy atom. The lowest BCUT2D eigenvalue weighted by molar-refractivity contribution is -0.141. The second-order valence-electron chi connectivity index (χ2n) is 11.2. The van der Waals surface area contributed by atoms with Crippen molar-refractivity contribution in [2.45, 2.75) is 72.7 Å². The van der Waals surface area contributed by atoms with E-state index in [4.69, 9.17) is 9.47 Å². The number of fused-ring (bicyclic) bond motifs is 2. The van der Waals surface area contributed by atoms with Gasteiger partial charge in [0.25, 0.3) is 0 Å². The van der Waals surface area contributed by atoms with E-state index in [0.717, 1.165) is 24.0 Å². The predicted molar refractivity (Wildman–Crippen MR) is 143 cm³/mol. The normalized spacial score (nSPS) is 17.0. The van der Waals surface area contributed by atoms with Gasteiger partial charge in [0.1, 0.15) is 5.56 Å². The lowest BCUT2D eigenvalue weighted by Gasteiger charge is -2.29. The summed E-state index contributed by atoms with van der Waals surface area (Å²) in [5.74, 6) is -0.831. The number of aromatic nitrogens is 1. The Morgan fingerprint density at radius 1 is 1.13 bits per heavy atom. The standard InChI is InChI=1S/C30H32F2N2O5/c1-6-38-27(36)23-15-34(19-8-9-19)24-22(25(23)35)12-11-21(26(24)39-29(31)32)17-7-10-20-16(2)33(14-18(20)13-17)28(37)30(3,4)5/h7,10-13,15-16,19,29H,6,8-9,14H2,1-5H3/t16-/m1/s1. The molecule has 206 valence electrons. The van der Waals surface area contributed by atoms with Gasteiger partial charge in [-0.1, -0.05) is 32.9 Å². The average molecular weight is 539 g/mol. The molecule has 2 heterocycles. The van der Waals surface area contributed by atoms with Gasteiger partial charge in [-0.05, 0) is 61.6 Å². The van der Waals surface area contributed by atoms with E-state index in [1.807, 2.05) is 50.8 Å². The highest BCUT2D eigenvalue weighted by atomic mass is 19.3. The summed E-state index contributed by atoms with van der Waals surface area (Å²) in [5.41, 5.74) is 1.92. The van der Waals surface area contributed by atoms with Crippen LogP contribution in [0.25, 0.3) is 22.0 Å². The van der Waals surface area contributed by atoms with E-state index >= 15 is 0 Å². The number of carbonyl (C=O) groups excluding carboxylic acids is 2. The zero-order valence-electron chi connectivity index (χ0n) is 22.7. The van der Waals surface area contributed by atoms with Gasteiger partial charge in [0.2, 0.25) is 11.3 Å². The third-order valence-electron chi connectivity index (χ3n) is 7.40. The number of pyridine rings is 1. The van der Waals surface area contributed by atoms with Crippen molar-refractivity contribution in [3.8, 4) is 16.9 Å². The number of carbonyl (C=O) groups is 2. The van der Waals surface area contributed by atoms with Gasteiger partial charge in [0.05, 0.1) is 23.6 Å². The van der Waals surface area contributed by atoms with Gasteiger partial charge in [-0.2, -0.15) is 8.78 Å². The van der Waals surface area contributed by atoms with E-state index in [-0.39, 0.29) is 46.8 Å². The predicted octanol–water partition coefficient (Wildman–Crippen LogP) is 6.23. The molecule has 1 atom stereocenters. The number of hydrogen-bond acceptors (Lipinski definition) is 5. The highest BCUT2D eigenvalue weighted by molar-refractivity contribution is 5.98. The molecule has 3 aromatic rings.